The summed E-state index contributed by atoms with van der Waals surface area (Å²) in [6.45, 7) is 2.44. The van der Waals surface area contributed by atoms with E-state index >= 15 is 0 Å². The second-order valence-corrected chi connectivity index (χ2v) is 2.60. The maximum absolute atomic E-state index is 11.2. The summed E-state index contributed by atoms with van der Waals surface area (Å²) in [6.07, 6.45) is 0. The highest BCUT2D eigenvalue weighted by molar-refractivity contribution is 5.73. The molecule has 1 aliphatic rings. The van der Waals surface area contributed by atoms with Crippen molar-refractivity contribution >= 4 is 6.03 Å². The molecule has 4 heteroatoms. The van der Waals surface area contributed by atoms with E-state index in [2.05, 4.69) is 5.32 Å². The Morgan fingerprint density at radius 2 is 2.30 bits per heavy atom. The van der Waals surface area contributed by atoms with Crippen LogP contribution in [0.5, 0.6) is 0 Å². The van der Waals surface area contributed by atoms with Crippen LogP contribution >= 0.6 is 0 Å². The lowest BCUT2D eigenvalue weighted by atomic mass is 10.6. The number of urea groups is 1. The van der Waals surface area contributed by atoms with Crippen molar-refractivity contribution in [2.24, 2.45) is 0 Å². The summed E-state index contributed by atoms with van der Waals surface area (Å²) in [6, 6.07) is 0.0880. The molecular formula is C6H13N3O. The van der Waals surface area contributed by atoms with E-state index in [9.17, 15) is 4.79 Å². The van der Waals surface area contributed by atoms with Gasteiger partial charge in [0.05, 0.1) is 6.67 Å². The zero-order valence-corrected chi connectivity index (χ0v) is 6.42. The van der Waals surface area contributed by atoms with E-state index in [1.165, 1.54) is 0 Å². The second-order valence-electron chi connectivity index (χ2n) is 2.60. The molecule has 0 spiro atoms. The Morgan fingerprint density at radius 1 is 1.60 bits per heavy atom. The van der Waals surface area contributed by atoms with E-state index in [1.807, 2.05) is 0 Å². The normalized spacial score (nSPS) is 17.6. The lowest BCUT2D eigenvalue weighted by molar-refractivity contribution is 0.181. The van der Waals surface area contributed by atoms with Gasteiger partial charge in [0.2, 0.25) is 0 Å². The first-order chi connectivity index (χ1) is 4.72. The van der Waals surface area contributed by atoms with Crippen molar-refractivity contribution in [3.63, 3.8) is 0 Å². The van der Waals surface area contributed by atoms with Gasteiger partial charge >= 0.3 is 6.03 Å². The van der Waals surface area contributed by atoms with E-state index in [-0.39, 0.29) is 6.03 Å². The Hall–Kier alpha value is -0.770. The van der Waals surface area contributed by atoms with Crippen LogP contribution in [0.25, 0.3) is 0 Å². The van der Waals surface area contributed by atoms with Crippen LogP contribution in [0.1, 0.15) is 0 Å². The zero-order valence-electron chi connectivity index (χ0n) is 6.42. The standard InChI is InChI=1S/C6H13N3O/c1-8(2)6(10)9-4-3-7-5-9/h7H,3-5H2,1-2H3. The van der Waals surface area contributed by atoms with Crippen LogP contribution in [-0.2, 0) is 0 Å². The largest absolute Gasteiger partial charge is 0.331 e. The molecule has 1 rings (SSSR count). The van der Waals surface area contributed by atoms with E-state index in [4.69, 9.17) is 0 Å². The van der Waals surface area contributed by atoms with Gasteiger partial charge in [-0.1, -0.05) is 0 Å². The lowest BCUT2D eigenvalue weighted by Crippen LogP contribution is -2.38. The van der Waals surface area contributed by atoms with E-state index in [0.29, 0.717) is 6.67 Å². The number of nitrogens with one attached hydrogen (secondary N) is 1. The maximum atomic E-state index is 11.2. The summed E-state index contributed by atoms with van der Waals surface area (Å²) < 4.78 is 0. The molecule has 1 N–H and O–H groups in total. The summed E-state index contributed by atoms with van der Waals surface area (Å²) in [5.74, 6) is 0. The number of hydrogen-bond donors (Lipinski definition) is 1. The van der Waals surface area contributed by atoms with Gasteiger partial charge in [-0.15, -0.1) is 0 Å². The molecule has 1 saturated heterocycles. The van der Waals surface area contributed by atoms with Gasteiger partial charge in [-0.3, -0.25) is 5.32 Å². The summed E-state index contributed by atoms with van der Waals surface area (Å²) >= 11 is 0. The van der Waals surface area contributed by atoms with Gasteiger partial charge in [0.25, 0.3) is 0 Å². The molecule has 0 aliphatic carbocycles. The minimum atomic E-state index is 0.0880. The fourth-order valence-corrected chi connectivity index (χ4v) is 0.953. The van der Waals surface area contributed by atoms with Crippen LogP contribution in [0.15, 0.2) is 0 Å². The molecule has 58 valence electrons. The van der Waals surface area contributed by atoms with Crippen molar-refractivity contribution in [3.05, 3.63) is 0 Å². The minimum absolute atomic E-state index is 0.0880. The molecule has 2 amide bonds. The minimum Gasteiger partial charge on any atom is -0.331 e. The quantitative estimate of drug-likeness (QED) is 0.497. The Balaban J connectivity index is 2.40. The molecular weight excluding hydrogens is 130 g/mol. The van der Waals surface area contributed by atoms with Crippen molar-refractivity contribution in [1.82, 2.24) is 15.1 Å². The first-order valence-corrected chi connectivity index (χ1v) is 3.39. The molecule has 0 atom stereocenters. The Morgan fingerprint density at radius 3 is 2.70 bits per heavy atom. The van der Waals surface area contributed by atoms with Gasteiger partial charge in [-0.2, -0.15) is 0 Å². The highest BCUT2D eigenvalue weighted by atomic mass is 16.2. The Bertz CT molecular complexity index is 129. The van der Waals surface area contributed by atoms with Crippen LogP contribution in [0.3, 0.4) is 0 Å². The van der Waals surface area contributed by atoms with Crippen molar-refractivity contribution in [1.29, 1.82) is 0 Å². The molecule has 0 bridgehead atoms. The summed E-state index contributed by atoms with van der Waals surface area (Å²) in [5, 5.41) is 3.09. The molecule has 1 fully saturated rings. The Labute approximate surface area is 60.8 Å². The second kappa shape index (κ2) is 2.88. The molecule has 0 aromatic rings. The predicted octanol–water partition coefficient (Wildman–Crippen LogP) is -0.469. The van der Waals surface area contributed by atoms with Crippen LogP contribution in [0, 0.1) is 0 Å². The van der Waals surface area contributed by atoms with E-state index < -0.39 is 0 Å². The van der Waals surface area contributed by atoms with Crippen molar-refractivity contribution in [3.8, 4) is 0 Å². The van der Waals surface area contributed by atoms with Gasteiger partial charge in [-0.05, 0) is 0 Å². The molecule has 0 aromatic carbocycles. The van der Waals surface area contributed by atoms with Crippen LogP contribution in [-0.4, -0.2) is 49.7 Å². The SMILES string of the molecule is CN(C)C(=O)N1CCNC1. The zero-order chi connectivity index (χ0) is 7.56. The van der Waals surface area contributed by atoms with Crippen molar-refractivity contribution in [2.75, 3.05) is 33.9 Å². The van der Waals surface area contributed by atoms with Crippen LogP contribution < -0.4 is 5.32 Å². The average Bonchev–Trinajstić information content (AvgIpc) is 2.36. The fourth-order valence-electron chi connectivity index (χ4n) is 0.953. The lowest BCUT2D eigenvalue weighted by Gasteiger charge is -2.19. The molecule has 0 unspecified atom stereocenters. The van der Waals surface area contributed by atoms with E-state index in [1.54, 1.807) is 23.9 Å². The third kappa shape index (κ3) is 1.39. The first-order valence-electron chi connectivity index (χ1n) is 3.39. The van der Waals surface area contributed by atoms with E-state index in [0.717, 1.165) is 13.1 Å². The average molecular weight is 143 g/mol. The predicted molar refractivity (Wildman–Crippen MR) is 38.7 cm³/mol. The highest BCUT2D eigenvalue weighted by Crippen LogP contribution is 1.96. The number of rotatable bonds is 0. The van der Waals surface area contributed by atoms with Gasteiger partial charge in [-0.25, -0.2) is 4.79 Å². The van der Waals surface area contributed by atoms with Gasteiger partial charge in [0, 0.05) is 27.2 Å². The molecule has 0 radical (unpaired) electrons. The van der Waals surface area contributed by atoms with Gasteiger partial charge in [0.15, 0.2) is 0 Å². The molecule has 0 aromatic heterocycles. The summed E-state index contributed by atoms with van der Waals surface area (Å²) in [7, 11) is 3.53. The van der Waals surface area contributed by atoms with Gasteiger partial charge < -0.3 is 9.80 Å². The summed E-state index contributed by atoms with van der Waals surface area (Å²) in [4.78, 5) is 14.5. The number of carbonyl (C=O) groups is 1. The fraction of sp³-hybridized carbons (Fsp3) is 0.833. The number of amides is 2. The molecule has 1 aliphatic heterocycles. The number of hydrogen-bond acceptors (Lipinski definition) is 2. The van der Waals surface area contributed by atoms with Crippen molar-refractivity contribution in [2.45, 2.75) is 0 Å². The van der Waals surface area contributed by atoms with Crippen LogP contribution in [0.4, 0.5) is 4.79 Å². The number of carbonyl (C=O) groups excluding carboxylic acids is 1. The Kier molecular flexibility index (Phi) is 2.11. The topological polar surface area (TPSA) is 35.6 Å². The highest BCUT2D eigenvalue weighted by Gasteiger charge is 2.17. The summed E-state index contributed by atoms with van der Waals surface area (Å²) in [5.41, 5.74) is 0. The van der Waals surface area contributed by atoms with Gasteiger partial charge in [0.1, 0.15) is 0 Å². The molecule has 10 heavy (non-hydrogen) atoms. The molecule has 1 heterocycles. The monoisotopic (exact) mass is 143 g/mol. The first kappa shape index (κ1) is 7.34. The third-order valence-electron chi connectivity index (χ3n) is 1.51. The maximum Gasteiger partial charge on any atom is 0.320 e. The molecule has 0 saturated carbocycles. The smallest absolute Gasteiger partial charge is 0.320 e. The van der Waals surface area contributed by atoms with Crippen LogP contribution in [0.2, 0.25) is 0 Å². The third-order valence-corrected chi connectivity index (χ3v) is 1.51. The molecule has 4 nitrogen and oxygen atoms in total. The number of nitrogens with zero attached hydrogens (tertiary/aromatic N) is 2. The van der Waals surface area contributed by atoms with Crippen molar-refractivity contribution < 1.29 is 4.79 Å².